The van der Waals surface area contributed by atoms with Crippen LogP contribution in [0.4, 0.5) is 5.69 Å². The average Bonchev–Trinajstić information content (AvgIpc) is 2.91. The van der Waals surface area contributed by atoms with E-state index in [1.165, 1.54) is 0 Å². The summed E-state index contributed by atoms with van der Waals surface area (Å²) in [5, 5.41) is 21.6. The van der Waals surface area contributed by atoms with Gasteiger partial charge < -0.3 is 15.4 Å². The third-order valence-electron chi connectivity index (χ3n) is 2.99. The van der Waals surface area contributed by atoms with Crippen molar-refractivity contribution in [2.75, 3.05) is 5.32 Å². The van der Waals surface area contributed by atoms with Crippen LogP contribution in [0.3, 0.4) is 0 Å². The summed E-state index contributed by atoms with van der Waals surface area (Å²) >= 11 is 0. The first-order valence-electron chi connectivity index (χ1n) is 6.37. The smallest absolute Gasteiger partial charge is 0.150 e. The van der Waals surface area contributed by atoms with Gasteiger partial charge in [0, 0.05) is 18.0 Å². The SMILES string of the molecule is N#C/C(=C\Nc1cccc(O)c1)c1nc2ccccc2[nH]1. The van der Waals surface area contributed by atoms with Crippen LogP contribution in [-0.4, -0.2) is 15.1 Å². The number of phenolic OH excluding ortho intramolecular Hbond substituents is 1. The fraction of sp³-hybridized carbons (Fsp3) is 0. The van der Waals surface area contributed by atoms with Crippen LogP contribution in [0.2, 0.25) is 0 Å². The molecule has 0 atom stereocenters. The zero-order valence-corrected chi connectivity index (χ0v) is 11.0. The lowest BCUT2D eigenvalue weighted by molar-refractivity contribution is 0.475. The minimum atomic E-state index is 0.163. The van der Waals surface area contributed by atoms with Crippen molar-refractivity contribution in [2.24, 2.45) is 0 Å². The number of hydrogen-bond donors (Lipinski definition) is 3. The molecule has 21 heavy (non-hydrogen) atoms. The number of rotatable bonds is 3. The van der Waals surface area contributed by atoms with Crippen molar-refractivity contribution in [2.45, 2.75) is 0 Å². The highest BCUT2D eigenvalue weighted by molar-refractivity contribution is 5.82. The number of anilines is 1. The van der Waals surface area contributed by atoms with E-state index in [0.717, 1.165) is 11.0 Å². The molecule has 0 saturated heterocycles. The van der Waals surface area contributed by atoms with Gasteiger partial charge in [-0.1, -0.05) is 18.2 Å². The number of allylic oxidation sites excluding steroid dienone is 1. The first kappa shape index (κ1) is 12.8. The van der Waals surface area contributed by atoms with Gasteiger partial charge in [-0.2, -0.15) is 5.26 Å². The summed E-state index contributed by atoms with van der Waals surface area (Å²) in [5.41, 5.74) is 2.77. The molecular formula is C16H12N4O. The molecule has 3 aromatic rings. The predicted octanol–water partition coefficient (Wildman–Crippen LogP) is 3.25. The topological polar surface area (TPSA) is 84.7 Å². The molecule has 0 bridgehead atoms. The first-order valence-corrected chi connectivity index (χ1v) is 6.37. The number of aromatic hydroxyl groups is 1. The number of H-pyrrole nitrogens is 1. The van der Waals surface area contributed by atoms with Crippen LogP contribution in [0.1, 0.15) is 5.82 Å². The lowest BCUT2D eigenvalue weighted by atomic mass is 10.3. The number of imidazole rings is 1. The second-order valence-electron chi connectivity index (χ2n) is 4.47. The van der Waals surface area contributed by atoms with Gasteiger partial charge in [-0.3, -0.25) is 0 Å². The second-order valence-corrected chi connectivity index (χ2v) is 4.47. The molecule has 0 aliphatic carbocycles. The van der Waals surface area contributed by atoms with Crippen molar-refractivity contribution in [1.82, 2.24) is 9.97 Å². The Labute approximate surface area is 121 Å². The molecular weight excluding hydrogens is 264 g/mol. The maximum Gasteiger partial charge on any atom is 0.150 e. The average molecular weight is 276 g/mol. The molecule has 0 amide bonds. The van der Waals surface area contributed by atoms with E-state index in [9.17, 15) is 10.4 Å². The van der Waals surface area contributed by atoms with Crippen LogP contribution < -0.4 is 5.32 Å². The van der Waals surface area contributed by atoms with Gasteiger partial charge in [0.05, 0.1) is 11.0 Å². The van der Waals surface area contributed by atoms with Gasteiger partial charge in [0.25, 0.3) is 0 Å². The van der Waals surface area contributed by atoms with Crippen molar-refractivity contribution >= 4 is 22.3 Å². The van der Waals surface area contributed by atoms with Gasteiger partial charge >= 0.3 is 0 Å². The summed E-state index contributed by atoms with van der Waals surface area (Å²) in [4.78, 5) is 7.48. The molecule has 0 radical (unpaired) electrons. The van der Waals surface area contributed by atoms with Gasteiger partial charge in [0.1, 0.15) is 17.4 Å². The van der Waals surface area contributed by atoms with Crippen molar-refractivity contribution < 1.29 is 5.11 Å². The fourth-order valence-corrected chi connectivity index (χ4v) is 1.99. The molecule has 5 nitrogen and oxygen atoms in total. The summed E-state index contributed by atoms with van der Waals surface area (Å²) in [6, 6.07) is 16.4. The van der Waals surface area contributed by atoms with E-state index in [4.69, 9.17) is 0 Å². The summed E-state index contributed by atoms with van der Waals surface area (Å²) in [7, 11) is 0. The molecule has 5 heteroatoms. The number of nitrogens with zero attached hydrogens (tertiary/aromatic N) is 2. The monoisotopic (exact) mass is 276 g/mol. The third kappa shape index (κ3) is 2.69. The molecule has 1 aromatic heterocycles. The van der Waals surface area contributed by atoms with E-state index in [2.05, 4.69) is 21.4 Å². The van der Waals surface area contributed by atoms with Gasteiger partial charge in [-0.05, 0) is 24.3 Å². The number of aromatic nitrogens is 2. The summed E-state index contributed by atoms with van der Waals surface area (Å²) in [5.74, 6) is 0.669. The van der Waals surface area contributed by atoms with E-state index in [1.54, 1.807) is 30.5 Å². The Morgan fingerprint density at radius 2 is 2.10 bits per heavy atom. The molecule has 1 heterocycles. The summed E-state index contributed by atoms with van der Waals surface area (Å²) in [6.07, 6.45) is 1.56. The number of fused-ring (bicyclic) bond motifs is 1. The Balaban J connectivity index is 1.91. The quantitative estimate of drug-likeness (QED) is 0.641. The van der Waals surface area contributed by atoms with Crippen LogP contribution in [0.15, 0.2) is 54.7 Å². The number of aromatic amines is 1. The molecule has 0 aliphatic heterocycles. The Hall–Kier alpha value is -3.26. The standard InChI is InChI=1S/C16H12N4O/c17-9-11(10-18-12-4-3-5-13(21)8-12)16-19-14-6-1-2-7-15(14)20-16/h1-8,10,18,21H,(H,19,20)/b11-10+. The Morgan fingerprint density at radius 3 is 2.86 bits per heavy atom. The van der Waals surface area contributed by atoms with Crippen molar-refractivity contribution in [3.05, 3.63) is 60.6 Å². The number of para-hydroxylation sites is 2. The van der Waals surface area contributed by atoms with E-state index in [-0.39, 0.29) is 5.75 Å². The molecule has 102 valence electrons. The van der Waals surface area contributed by atoms with Crippen molar-refractivity contribution in [3.8, 4) is 11.8 Å². The third-order valence-corrected chi connectivity index (χ3v) is 2.99. The van der Waals surface area contributed by atoms with Gasteiger partial charge in [0.15, 0.2) is 5.82 Å². The number of hydrogen-bond acceptors (Lipinski definition) is 4. The molecule has 0 fully saturated rings. The number of benzene rings is 2. The molecule has 0 saturated carbocycles. The normalized spacial score (nSPS) is 11.3. The molecule has 3 N–H and O–H groups in total. The van der Waals surface area contributed by atoms with Crippen molar-refractivity contribution in [1.29, 1.82) is 5.26 Å². The Bertz CT molecular complexity index is 825. The Morgan fingerprint density at radius 1 is 1.24 bits per heavy atom. The largest absolute Gasteiger partial charge is 0.508 e. The predicted molar refractivity (Wildman–Crippen MR) is 81.4 cm³/mol. The lowest BCUT2D eigenvalue weighted by Gasteiger charge is -2.01. The summed E-state index contributed by atoms with van der Waals surface area (Å²) in [6.45, 7) is 0. The van der Waals surface area contributed by atoms with Crippen LogP contribution in [0.25, 0.3) is 16.6 Å². The van der Waals surface area contributed by atoms with E-state index >= 15 is 0 Å². The number of nitriles is 1. The highest BCUT2D eigenvalue weighted by Crippen LogP contribution is 2.19. The van der Waals surface area contributed by atoms with Crippen LogP contribution in [0, 0.1) is 11.3 Å². The lowest BCUT2D eigenvalue weighted by Crippen LogP contribution is -1.92. The molecule has 0 spiro atoms. The highest BCUT2D eigenvalue weighted by Gasteiger charge is 2.07. The molecule has 2 aromatic carbocycles. The molecule has 3 rings (SSSR count). The minimum absolute atomic E-state index is 0.163. The molecule has 0 unspecified atom stereocenters. The minimum Gasteiger partial charge on any atom is -0.508 e. The zero-order chi connectivity index (χ0) is 14.7. The highest BCUT2D eigenvalue weighted by atomic mass is 16.3. The number of nitrogens with one attached hydrogen (secondary N) is 2. The fourth-order valence-electron chi connectivity index (χ4n) is 1.99. The first-order chi connectivity index (χ1) is 10.3. The second kappa shape index (κ2) is 5.39. The van der Waals surface area contributed by atoms with Gasteiger partial charge in [0.2, 0.25) is 0 Å². The van der Waals surface area contributed by atoms with E-state index in [0.29, 0.717) is 17.1 Å². The van der Waals surface area contributed by atoms with Crippen molar-refractivity contribution in [3.63, 3.8) is 0 Å². The van der Waals surface area contributed by atoms with Crippen LogP contribution in [0.5, 0.6) is 5.75 Å². The van der Waals surface area contributed by atoms with Crippen LogP contribution in [-0.2, 0) is 0 Å². The molecule has 0 aliphatic rings. The maximum atomic E-state index is 9.40. The zero-order valence-electron chi connectivity index (χ0n) is 11.0. The number of phenols is 1. The van der Waals surface area contributed by atoms with Gasteiger partial charge in [-0.15, -0.1) is 0 Å². The van der Waals surface area contributed by atoms with E-state index < -0.39 is 0 Å². The maximum absolute atomic E-state index is 9.40. The van der Waals surface area contributed by atoms with Crippen LogP contribution >= 0.6 is 0 Å². The Kier molecular flexibility index (Phi) is 3.27. The van der Waals surface area contributed by atoms with Gasteiger partial charge in [-0.25, -0.2) is 4.98 Å². The van der Waals surface area contributed by atoms with E-state index in [1.807, 2.05) is 24.3 Å². The summed E-state index contributed by atoms with van der Waals surface area (Å²) < 4.78 is 0.